The molecule has 2 rings (SSSR count). The summed E-state index contributed by atoms with van der Waals surface area (Å²) >= 11 is 0. The summed E-state index contributed by atoms with van der Waals surface area (Å²) in [6.07, 6.45) is 2.90. The highest BCUT2D eigenvalue weighted by Crippen LogP contribution is 2.15. The second-order valence-corrected chi connectivity index (χ2v) is 5.67. The molecule has 0 amide bonds. The topological polar surface area (TPSA) is 45.5 Å². The normalized spacial score (nSPS) is 18.4. The largest absolute Gasteiger partial charge is 0.492 e. The molecule has 1 unspecified atom stereocenters. The molecule has 0 bridgehead atoms. The van der Waals surface area contributed by atoms with E-state index < -0.39 is 0 Å². The Morgan fingerprint density at radius 2 is 2.19 bits per heavy atom. The number of benzene rings is 1. The van der Waals surface area contributed by atoms with Crippen LogP contribution in [0, 0.1) is 17.2 Å². The van der Waals surface area contributed by atoms with Crippen LogP contribution < -0.4 is 4.74 Å². The zero-order valence-electron chi connectivity index (χ0n) is 12.8. The number of hydrogen-bond donors (Lipinski definition) is 0. The monoisotopic (exact) mass is 288 g/mol. The molecule has 21 heavy (non-hydrogen) atoms. The van der Waals surface area contributed by atoms with Crippen molar-refractivity contribution in [2.24, 2.45) is 5.92 Å². The van der Waals surface area contributed by atoms with E-state index >= 15 is 0 Å². The van der Waals surface area contributed by atoms with E-state index in [-0.39, 0.29) is 0 Å². The van der Waals surface area contributed by atoms with Gasteiger partial charge in [-0.3, -0.25) is 0 Å². The number of ether oxygens (including phenoxy) is 2. The van der Waals surface area contributed by atoms with E-state index in [0.29, 0.717) is 18.9 Å². The summed E-state index contributed by atoms with van der Waals surface area (Å²) in [6, 6.07) is 9.90. The minimum Gasteiger partial charge on any atom is -0.492 e. The number of likely N-dealkylation sites (N-methyl/N-ethyl adjacent to an activating group) is 1. The summed E-state index contributed by atoms with van der Waals surface area (Å²) in [5.41, 5.74) is 1.03. The van der Waals surface area contributed by atoms with Crippen molar-refractivity contribution in [3.63, 3.8) is 0 Å². The van der Waals surface area contributed by atoms with Crippen LogP contribution in [0.25, 0.3) is 0 Å². The fraction of sp³-hybridized carbons (Fsp3) is 0.588. The minimum atomic E-state index is 0.451. The Morgan fingerprint density at radius 3 is 2.86 bits per heavy atom. The van der Waals surface area contributed by atoms with Crippen LogP contribution in [0.15, 0.2) is 24.3 Å². The van der Waals surface area contributed by atoms with E-state index in [0.717, 1.165) is 37.6 Å². The highest BCUT2D eigenvalue weighted by Gasteiger charge is 2.15. The Hall–Kier alpha value is -1.57. The van der Waals surface area contributed by atoms with Crippen LogP contribution in [-0.2, 0) is 11.2 Å². The molecule has 1 heterocycles. The second kappa shape index (κ2) is 8.66. The third kappa shape index (κ3) is 5.74. The first-order chi connectivity index (χ1) is 10.3. The van der Waals surface area contributed by atoms with Crippen molar-refractivity contribution >= 4 is 0 Å². The molecule has 4 heteroatoms. The smallest absolute Gasteiger partial charge is 0.119 e. The molecule has 1 fully saturated rings. The zero-order chi connectivity index (χ0) is 14.9. The number of rotatable bonds is 7. The van der Waals surface area contributed by atoms with Gasteiger partial charge >= 0.3 is 0 Å². The lowest BCUT2D eigenvalue weighted by atomic mass is 10.0. The van der Waals surface area contributed by atoms with Gasteiger partial charge in [0.05, 0.1) is 19.1 Å². The Balaban J connectivity index is 1.65. The molecule has 0 spiro atoms. The fourth-order valence-electron chi connectivity index (χ4n) is 2.60. The van der Waals surface area contributed by atoms with Crippen molar-refractivity contribution in [3.05, 3.63) is 29.8 Å². The molecule has 1 aliphatic rings. The van der Waals surface area contributed by atoms with Gasteiger partial charge in [-0.2, -0.15) is 5.26 Å². The molecule has 4 nitrogen and oxygen atoms in total. The fourth-order valence-corrected chi connectivity index (χ4v) is 2.60. The van der Waals surface area contributed by atoms with Crippen molar-refractivity contribution in [2.45, 2.75) is 19.3 Å². The van der Waals surface area contributed by atoms with Gasteiger partial charge in [-0.25, -0.2) is 0 Å². The molecule has 0 aromatic heterocycles. The lowest BCUT2D eigenvalue weighted by Crippen LogP contribution is -2.33. The van der Waals surface area contributed by atoms with E-state index in [1.54, 1.807) is 0 Å². The molecular formula is C17H24N2O2. The molecular weight excluding hydrogens is 264 g/mol. The van der Waals surface area contributed by atoms with Crippen molar-refractivity contribution in [3.8, 4) is 11.8 Å². The van der Waals surface area contributed by atoms with E-state index in [2.05, 4.69) is 18.0 Å². The summed E-state index contributed by atoms with van der Waals surface area (Å²) < 4.78 is 11.3. The summed E-state index contributed by atoms with van der Waals surface area (Å²) in [6.45, 7) is 4.49. The Bertz CT molecular complexity index is 447. The average Bonchev–Trinajstić information content (AvgIpc) is 2.50. The van der Waals surface area contributed by atoms with Crippen molar-refractivity contribution in [1.29, 1.82) is 5.26 Å². The van der Waals surface area contributed by atoms with Gasteiger partial charge in [0.25, 0.3) is 0 Å². The Labute approximate surface area is 127 Å². The molecule has 1 aromatic carbocycles. The Morgan fingerprint density at radius 1 is 1.38 bits per heavy atom. The van der Waals surface area contributed by atoms with Crippen LogP contribution in [0.4, 0.5) is 0 Å². The first-order valence-corrected chi connectivity index (χ1v) is 7.63. The zero-order valence-corrected chi connectivity index (χ0v) is 12.8. The molecule has 1 atom stereocenters. The predicted octanol–water partition coefficient (Wildman–Crippen LogP) is 2.49. The maximum absolute atomic E-state index is 8.63. The van der Waals surface area contributed by atoms with Crippen LogP contribution in [0.5, 0.6) is 5.75 Å². The van der Waals surface area contributed by atoms with E-state index in [9.17, 15) is 0 Å². The quantitative estimate of drug-likeness (QED) is 0.773. The van der Waals surface area contributed by atoms with Crippen LogP contribution in [0.1, 0.15) is 18.4 Å². The van der Waals surface area contributed by atoms with Gasteiger partial charge in [0.2, 0.25) is 0 Å². The second-order valence-electron chi connectivity index (χ2n) is 5.67. The molecule has 1 aromatic rings. The first-order valence-electron chi connectivity index (χ1n) is 7.63. The van der Waals surface area contributed by atoms with Crippen LogP contribution in [0.3, 0.4) is 0 Å². The molecule has 114 valence electrons. The van der Waals surface area contributed by atoms with Gasteiger partial charge in [0, 0.05) is 19.7 Å². The third-order valence-corrected chi connectivity index (χ3v) is 3.77. The average molecular weight is 288 g/mol. The summed E-state index contributed by atoms with van der Waals surface area (Å²) in [5, 5.41) is 8.63. The number of nitriles is 1. The summed E-state index contributed by atoms with van der Waals surface area (Å²) in [5.74, 6) is 1.53. The van der Waals surface area contributed by atoms with Gasteiger partial charge in [0.15, 0.2) is 0 Å². The maximum atomic E-state index is 8.63. The van der Waals surface area contributed by atoms with E-state index in [1.807, 2.05) is 24.3 Å². The summed E-state index contributed by atoms with van der Waals surface area (Å²) in [7, 11) is 2.13. The highest BCUT2D eigenvalue weighted by molar-refractivity contribution is 5.28. The van der Waals surface area contributed by atoms with Gasteiger partial charge in [-0.05, 0) is 43.5 Å². The van der Waals surface area contributed by atoms with Gasteiger partial charge in [-0.15, -0.1) is 0 Å². The number of hydrogen-bond acceptors (Lipinski definition) is 4. The molecule has 0 radical (unpaired) electrons. The SMILES string of the molecule is CN(CCOc1ccc(CC#N)cc1)CC1CCCOC1. The molecule has 1 aliphatic heterocycles. The number of nitrogens with zero attached hydrogens (tertiary/aromatic N) is 2. The van der Waals surface area contributed by atoms with Gasteiger partial charge in [0.1, 0.15) is 12.4 Å². The summed E-state index contributed by atoms with van der Waals surface area (Å²) in [4.78, 5) is 2.31. The highest BCUT2D eigenvalue weighted by atomic mass is 16.5. The first kappa shape index (κ1) is 15.8. The maximum Gasteiger partial charge on any atom is 0.119 e. The van der Waals surface area contributed by atoms with Crippen molar-refractivity contribution in [1.82, 2.24) is 4.90 Å². The third-order valence-electron chi connectivity index (χ3n) is 3.77. The molecule has 0 saturated carbocycles. The Kier molecular flexibility index (Phi) is 6.52. The standard InChI is InChI=1S/C17H24N2O2/c1-19(13-16-3-2-11-20-14-16)10-12-21-17-6-4-15(5-7-17)8-9-18/h4-7,16H,2-3,8,10-14H2,1H3. The molecule has 0 N–H and O–H groups in total. The lowest BCUT2D eigenvalue weighted by Gasteiger charge is -2.27. The van der Waals surface area contributed by atoms with Gasteiger partial charge in [-0.1, -0.05) is 12.1 Å². The van der Waals surface area contributed by atoms with Gasteiger partial charge < -0.3 is 14.4 Å². The minimum absolute atomic E-state index is 0.451. The van der Waals surface area contributed by atoms with Crippen molar-refractivity contribution in [2.75, 3.05) is 40.0 Å². The molecule has 0 aliphatic carbocycles. The van der Waals surface area contributed by atoms with Crippen LogP contribution in [-0.4, -0.2) is 44.9 Å². The van der Waals surface area contributed by atoms with E-state index in [4.69, 9.17) is 14.7 Å². The van der Waals surface area contributed by atoms with E-state index in [1.165, 1.54) is 12.8 Å². The van der Waals surface area contributed by atoms with Crippen molar-refractivity contribution < 1.29 is 9.47 Å². The van der Waals surface area contributed by atoms with Crippen LogP contribution in [0.2, 0.25) is 0 Å². The van der Waals surface area contributed by atoms with Crippen LogP contribution >= 0.6 is 0 Å². The molecule has 1 saturated heterocycles. The predicted molar refractivity (Wildman–Crippen MR) is 82.3 cm³/mol. The lowest BCUT2D eigenvalue weighted by molar-refractivity contribution is 0.0405.